The SMILES string of the molecule is CCOc1cccc(-c2cc(C(=O)N3CCN(c4ccc(C(=O)NCC(F)(F)F)cc4)CC3)cc(C(C)(C)C)c2)c1. The van der Waals surface area contributed by atoms with Gasteiger partial charge in [0.05, 0.1) is 6.61 Å². The van der Waals surface area contributed by atoms with Gasteiger partial charge in [-0.1, -0.05) is 39.0 Å². The number of amides is 2. The van der Waals surface area contributed by atoms with E-state index in [0.717, 1.165) is 28.1 Å². The third-order valence-electron chi connectivity index (χ3n) is 7.04. The summed E-state index contributed by atoms with van der Waals surface area (Å²) in [6.07, 6.45) is -4.46. The molecule has 1 saturated heterocycles. The Hall–Kier alpha value is -4.01. The van der Waals surface area contributed by atoms with Crippen LogP contribution in [0.15, 0.2) is 66.7 Å². The minimum Gasteiger partial charge on any atom is -0.494 e. The summed E-state index contributed by atoms with van der Waals surface area (Å²) < 4.78 is 42.9. The topological polar surface area (TPSA) is 61.9 Å². The second-order valence-corrected chi connectivity index (χ2v) is 11.1. The summed E-state index contributed by atoms with van der Waals surface area (Å²) in [5.41, 5.74) is 4.49. The Morgan fingerprint density at radius 1 is 0.854 bits per heavy atom. The molecule has 0 atom stereocenters. The third kappa shape index (κ3) is 7.80. The van der Waals surface area contributed by atoms with Crippen LogP contribution >= 0.6 is 0 Å². The van der Waals surface area contributed by atoms with Crippen molar-refractivity contribution in [3.63, 3.8) is 0 Å². The van der Waals surface area contributed by atoms with Gasteiger partial charge in [0.15, 0.2) is 0 Å². The van der Waals surface area contributed by atoms with Crippen LogP contribution < -0.4 is 15.0 Å². The van der Waals surface area contributed by atoms with Crippen molar-refractivity contribution in [2.45, 2.75) is 39.3 Å². The van der Waals surface area contributed by atoms with E-state index in [9.17, 15) is 22.8 Å². The number of rotatable bonds is 7. The molecule has 3 aromatic carbocycles. The molecule has 0 radical (unpaired) electrons. The molecule has 1 fully saturated rings. The van der Waals surface area contributed by atoms with E-state index in [1.807, 2.05) is 53.5 Å². The number of ether oxygens (including phenoxy) is 1. The lowest BCUT2D eigenvalue weighted by Crippen LogP contribution is -2.48. The number of alkyl halides is 3. The highest BCUT2D eigenvalue weighted by molar-refractivity contribution is 5.96. The number of nitrogens with zero attached hydrogens (tertiary/aromatic N) is 2. The fourth-order valence-corrected chi connectivity index (χ4v) is 4.74. The Kier molecular flexibility index (Phi) is 8.95. The zero-order valence-corrected chi connectivity index (χ0v) is 23.8. The number of anilines is 1. The average Bonchev–Trinajstić information content (AvgIpc) is 2.95. The summed E-state index contributed by atoms with van der Waals surface area (Å²) >= 11 is 0. The predicted octanol–water partition coefficient (Wildman–Crippen LogP) is 6.30. The second kappa shape index (κ2) is 12.2. The van der Waals surface area contributed by atoms with Crippen LogP contribution in [0.2, 0.25) is 0 Å². The molecule has 0 aromatic heterocycles. The Morgan fingerprint density at radius 3 is 2.15 bits per heavy atom. The highest BCUT2D eigenvalue weighted by atomic mass is 19.4. The lowest BCUT2D eigenvalue weighted by Gasteiger charge is -2.36. The molecule has 1 heterocycles. The number of hydrogen-bond acceptors (Lipinski definition) is 4. The molecule has 0 unspecified atom stereocenters. The van der Waals surface area contributed by atoms with Crippen LogP contribution in [0.5, 0.6) is 5.75 Å². The lowest BCUT2D eigenvalue weighted by atomic mass is 9.84. The number of benzene rings is 3. The Labute approximate surface area is 239 Å². The van der Waals surface area contributed by atoms with Crippen molar-refractivity contribution in [2.24, 2.45) is 0 Å². The largest absolute Gasteiger partial charge is 0.494 e. The average molecular weight is 568 g/mol. The second-order valence-electron chi connectivity index (χ2n) is 11.1. The summed E-state index contributed by atoms with van der Waals surface area (Å²) in [5, 5.41) is 1.88. The molecule has 3 aromatic rings. The van der Waals surface area contributed by atoms with Gasteiger partial charge in [-0.2, -0.15) is 13.2 Å². The first kappa shape index (κ1) is 30.0. The molecular formula is C32H36F3N3O3. The van der Waals surface area contributed by atoms with Crippen molar-refractivity contribution in [3.8, 4) is 16.9 Å². The number of carbonyl (C=O) groups is 2. The van der Waals surface area contributed by atoms with Gasteiger partial charge in [0, 0.05) is 43.0 Å². The molecule has 0 aliphatic carbocycles. The smallest absolute Gasteiger partial charge is 0.405 e. The van der Waals surface area contributed by atoms with Gasteiger partial charge in [0.1, 0.15) is 12.3 Å². The maximum Gasteiger partial charge on any atom is 0.405 e. The fourth-order valence-electron chi connectivity index (χ4n) is 4.74. The zero-order valence-electron chi connectivity index (χ0n) is 23.8. The summed E-state index contributed by atoms with van der Waals surface area (Å²) in [5.74, 6) is -0.0226. The van der Waals surface area contributed by atoms with Crippen molar-refractivity contribution in [2.75, 3.05) is 44.2 Å². The van der Waals surface area contributed by atoms with E-state index in [4.69, 9.17) is 4.74 Å². The molecule has 0 bridgehead atoms. The molecule has 2 amide bonds. The standard InChI is InChI=1S/C32H36F3N3O3/c1-5-41-28-8-6-7-23(20-28)24-17-25(19-26(18-24)31(2,3)4)30(40)38-15-13-37(14-16-38)27-11-9-22(10-12-27)29(39)36-21-32(33,34)35/h6-12,17-20H,5,13-16,21H2,1-4H3,(H,36,39). The van der Waals surface area contributed by atoms with Gasteiger partial charge in [-0.05, 0) is 77.6 Å². The molecule has 41 heavy (non-hydrogen) atoms. The molecule has 0 spiro atoms. The van der Waals surface area contributed by atoms with Crippen LogP contribution in [-0.2, 0) is 5.41 Å². The monoisotopic (exact) mass is 567 g/mol. The van der Waals surface area contributed by atoms with Crippen LogP contribution in [0.25, 0.3) is 11.1 Å². The maximum atomic E-state index is 13.7. The van der Waals surface area contributed by atoms with Crippen LogP contribution in [-0.4, -0.2) is 62.2 Å². The Balaban J connectivity index is 1.46. The summed E-state index contributed by atoms with van der Waals surface area (Å²) in [6, 6.07) is 20.4. The van der Waals surface area contributed by atoms with E-state index < -0.39 is 18.6 Å². The number of halogens is 3. The van der Waals surface area contributed by atoms with E-state index in [0.29, 0.717) is 38.3 Å². The number of hydrogen-bond donors (Lipinski definition) is 1. The van der Waals surface area contributed by atoms with E-state index in [1.165, 1.54) is 12.1 Å². The van der Waals surface area contributed by atoms with Gasteiger partial charge >= 0.3 is 6.18 Å². The van der Waals surface area contributed by atoms with Crippen molar-refractivity contribution in [1.82, 2.24) is 10.2 Å². The first-order valence-electron chi connectivity index (χ1n) is 13.7. The summed E-state index contributed by atoms with van der Waals surface area (Å²) in [6.45, 7) is 9.74. The van der Waals surface area contributed by atoms with Crippen molar-refractivity contribution in [1.29, 1.82) is 0 Å². The third-order valence-corrected chi connectivity index (χ3v) is 7.04. The van der Waals surface area contributed by atoms with E-state index in [2.05, 4.69) is 31.7 Å². The van der Waals surface area contributed by atoms with E-state index in [-0.39, 0.29) is 16.9 Å². The fraction of sp³-hybridized carbons (Fsp3) is 0.375. The van der Waals surface area contributed by atoms with Crippen molar-refractivity contribution in [3.05, 3.63) is 83.4 Å². The first-order chi connectivity index (χ1) is 19.3. The molecule has 4 rings (SSSR count). The van der Waals surface area contributed by atoms with Gasteiger partial charge in [0.2, 0.25) is 0 Å². The minimum absolute atomic E-state index is 0.0327. The van der Waals surface area contributed by atoms with Gasteiger partial charge in [-0.15, -0.1) is 0 Å². The lowest BCUT2D eigenvalue weighted by molar-refractivity contribution is -0.123. The highest BCUT2D eigenvalue weighted by Gasteiger charge is 2.28. The van der Waals surface area contributed by atoms with Crippen LogP contribution in [0.3, 0.4) is 0 Å². The summed E-state index contributed by atoms with van der Waals surface area (Å²) in [4.78, 5) is 29.6. The van der Waals surface area contributed by atoms with Crippen LogP contribution in [0.4, 0.5) is 18.9 Å². The predicted molar refractivity (Wildman–Crippen MR) is 155 cm³/mol. The minimum atomic E-state index is -4.46. The Morgan fingerprint density at radius 2 is 1.54 bits per heavy atom. The molecule has 1 aliphatic heterocycles. The maximum absolute atomic E-state index is 13.7. The Bertz CT molecular complexity index is 1370. The van der Waals surface area contributed by atoms with Gasteiger partial charge in [-0.3, -0.25) is 9.59 Å². The van der Waals surface area contributed by atoms with Crippen LogP contribution in [0, 0.1) is 0 Å². The molecule has 1 N–H and O–H groups in total. The van der Waals surface area contributed by atoms with E-state index >= 15 is 0 Å². The molecule has 218 valence electrons. The molecular weight excluding hydrogens is 531 g/mol. The highest BCUT2D eigenvalue weighted by Crippen LogP contribution is 2.32. The van der Waals surface area contributed by atoms with Crippen molar-refractivity contribution < 1.29 is 27.5 Å². The molecule has 0 saturated carbocycles. The molecule has 9 heteroatoms. The van der Waals surface area contributed by atoms with Crippen molar-refractivity contribution >= 4 is 17.5 Å². The first-order valence-corrected chi connectivity index (χ1v) is 13.7. The van der Waals surface area contributed by atoms with Crippen LogP contribution in [0.1, 0.15) is 54.0 Å². The zero-order chi connectivity index (χ0) is 29.8. The number of carbonyl (C=O) groups excluding carboxylic acids is 2. The number of piperazine rings is 1. The quantitative estimate of drug-likeness (QED) is 0.364. The van der Waals surface area contributed by atoms with Gasteiger partial charge in [0.25, 0.3) is 11.8 Å². The molecule has 6 nitrogen and oxygen atoms in total. The number of nitrogens with one attached hydrogen (secondary N) is 1. The normalized spacial score (nSPS) is 14.1. The summed E-state index contributed by atoms with van der Waals surface area (Å²) in [7, 11) is 0. The van der Waals surface area contributed by atoms with Gasteiger partial charge in [-0.25, -0.2) is 0 Å². The van der Waals surface area contributed by atoms with E-state index in [1.54, 1.807) is 12.1 Å². The van der Waals surface area contributed by atoms with Gasteiger partial charge < -0.3 is 19.9 Å². The molecule has 1 aliphatic rings.